The first-order valence-electron chi connectivity index (χ1n) is 8.73. The third kappa shape index (κ3) is 3.49. The third-order valence-electron chi connectivity index (χ3n) is 5.73. The molecule has 116 valence electrons. The summed E-state index contributed by atoms with van der Waals surface area (Å²) in [5.74, 6) is 2.00. The molecule has 1 aliphatic heterocycles. The van der Waals surface area contributed by atoms with Crippen molar-refractivity contribution in [3.63, 3.8) is 0 Å². The summed E-state index contributed by atoms with van der Waals surface area (Å²) in [5, 5.41) is 3.54. The van der Waals surface area contributed by atoms with Gasteiger partial charge in [-0.05, 0) is 56.3 Å². The molecule has 21 heavy (non-hydrogen) atoms. The highest BCUT2D eigenvalue weighted by Crippen LogP contribution is 2.36. The fraction of sp³-hybridized carbons (Fsp3) is 0.684. The largest absolute Gasteiger partial charge is 0.312 e. The molecule has 0 bridgehead atoms. The highest BCUT2D eigenvalue weighted by Gasteiger charge is 2.31. The lowest BCUT2D eigenvalue weighted by molar-refractivity contribution is 0.0804. The predicted molar refractivity (Wildman–Crippen MR) is 89.5 cm³/mol. The second-order valence-electron chi connectivity index (χ2n) is 7.05. The predicted octanol–water partition coefficient (Wildman–Crippen LogP) is 3.77. The molecule has 1 heterocycles. The minimum atomic E-state index is 0.464. The van der Waals surface area contributed by atoms with Crippen LogP contribution in [0.3, 0.4) is 0 Å². The van der Waals surface area contributed by atoms with E-state index in [1.54, 1.807) is 0 Å². The van der Waals surface area contributed by atoms with Crippen molar-refractivity contribution in [2.45, 2.75) is 45.1 Å². The summed E-state index contributed by atoms with van der Waals surface area (Å²) in [6.07, 6.45) is 7.32. The lowest BCUT2D eigenvalue weighted by atomic mass is 9.75. The second kappa shape index (κ2) is 6.93. The Morgan fingerprint density at radius 1 is 1.14 bits per heavy atom. The van der Waals surface area contributed by atoms with E-state index in [9.17, 15) is 0 Å². The molecular weight excluding hydrogens is 256 g/mol. The zero-order valence-corrected chi connectivity index (χ0v) is 13.6. The minimum absolute atomic E-state index is 0.464. The molecule has 3 unspecified atom stereocenters. The summed E-state index contributed by atoms with van der Waals surface area (Å²) in [7, 11) is 2.10. The average molecular weight is 286 g/mol. The van der Waals surface area contributed by atoms with Gasteiger partial charge in [0.05, 0.1) is 0 Å². The monoisotopic (exact) mass is 286 g/mol. The molecule has 1 aromatic carbocycles. The van der Waals surface area contributed by atoms with Crippen molar-refractivity contribution >= 4 is 0 Å². The van der Waals surface area contributed by atoms with Crippen LogP contribution in [-0.2, 0) is 0 Å². The molecule has 2 nitrogen and oxygen atoms in total. The average Bonchev–Trinajstić information content (AvgIpc) is 2.53. The van der Waals surface area contributed by atoms with Gasteiger partial charge < -0.3 is 10.2 Å². The van der Waals surface area contributed by atoms with Gasteiger partial charge in [0.1, 0.15) is 0 Å². The van der Waals surface area contributed by atoms with Gasteiger partial charge in [-0.25, -0.2) is 0 Å². The maximum Gasteiger partial charge on any atom is 0.0449 e. The summed E-state index contributed by atoms with van der Waals surface area (Å²) in [5.41, 5.74) is 2.87. The number of aryl methyl sites for hydroxylation is 1. The second-order valence-corrected chi connectivity index (χ2v) is 7.05. The molecule has 3 rings (SSSR count). The third-order valence-corrected chi connectivity index (χ3v) is 5.73. The molecule has 2 heteroatoms. The van der Waals surface area contributed by atoms with Crippen LogP contribution < -0.4 is 5.32 Å². The molecule has 1 saturated heterocycles. The maximum absolute atomic E-state index is 3.54. The lowest BCUT2D eigenvalue weighted by Gasteiger charge is -2.42. The molecule has 1 aliphatic carbocycles. The van der Waals surface area contributed by atoms with E-state index in [-0.39, 0.29) is 0 Å². The number of benzene rings is 1. The fourth-order valence-corrected chi connectivity index (χ4v) is 4.42. The van der Waals surface area contributed by atoms with Gasteiger partial charge in [-0.1, -0.05) is 43.5 Å². The van der Waals surface area contributed by atoms with E-state index in [0.29, 0.717) is 6.04 Å². The van der Waals surface area contributed by atoms with Crippen LogP contribution >= 0.6 is 0 Å². The van der Waals surface area contributed by atoms with Gasteiger partial charge in [-0.3, -0.25) is 0 Å². The highest BCUT2D eigenvalue weighted by molar-refractivity contribution is 5.29. The number of fused-ring (bicyclic) bond motifs is 1. The topological polar surface area (TPSA) is 15.3 Å². The summed E-state index contributed by atoms with van der Waals surface area (Å²) in [4.78, 5) is 2.71. The summed E-state index contributed by atoms with van der Waals surface area (Å²) in [6, 6.07) is 9.28. The van der Waals surface area contributed by atoms with Crippen molar-refractivity contribution in [1.29, 1.82) is 0 Å². The molecule has 1 saturated carbocycles. The van der Waals surface area contributed by atoms with Gasteiger partial charge in [0.25, 0.3) is 0 Å². The van der Waals surface area contributed by atoms with Gasteiger partial charge in [0.15, 0.2) is 0 Å². The van der Waals surface area contributed by atoms with Gasteiger partial charge in [-0.15, -0.1) is 0 Å². The van der Waals surface area contributed by atoms with Crippen molar-refractivity contribution in [3.8, 4) is 0 Å². The Bertz CT molecular complexity index is 457. The Morgan fingerprint density at radius 2 is 1.90 bits per heavy atom. The Morgan fingerprint density at radius 3 is 2.67 bits per heavy atom. The van der Waals surface area contributed by atoms with Crippen LogP contribution in [0.25, 0.3) is 0 Å². The Balaban J connectivity index is 1.63. The molecule has 0 aromatic heterocycles. The van der Waals surface area contributed by atoms with Crippen LogP contribution in [-0.4, -0.2) is 31.6 Å². The minimum Gasteiger partial charge on any atom is -0.312 e. The van der Waals surface area contributed by atoms with E-state index >= 15 is 0 Å². The van der Waals surface area contributed by atoms with E-state index in [1.807, 2.05) is 0 Å². The van der Waals surface area contributed by atoms with Gasteiger partial charge >= 0.3 is 0 Å². The molecule has 1 N–H and O–H groups in total. The molecule has 3 atom stereocenters. The van der Waals surface area contributed by atoms with Gasteiger partial charge in [0, 0.05) is 19.1 Å². The number of hydrogen-bond acceptors (Lipinski definition) is 2. The lowest BCUT2D eigenvalue weighted by Crippen LogP contribution is -2.44. The molecule has 2 aliphatic rings. The number of rotatable bonds is 4. The van der Waals surface area contributed by atoms with Gasteiger partial charge in [0.2, 0.25) is 0 Å². The van der Waals surface area contributed by atoms with Crippen molar-refractivity contribution in [2.75, 3.05) is 26.7 Å². The van der Waals surface area contributed by atoms with E-state index in [0.717, 1.165) is 18.4 Å². The van der Waals surface area contributed by atoms with Crippen molar-refractivity contribution in [2.24, 2.45) is 11.8 Å². The SMILES string of the molecule is CNC(CN1CCC2CCCCC2C1)c1ccccc1C. The quantitative estimate of drug-likeness (QED) is 0.906. The maximum atomic E-state index is 3.54. The molecule has 0 amide bonds. The van der Waals surface area contributed by atoms with Crippen molar-refractivity contribution in [3.05, 3.63) is 35.4 Å². The van der Waals surface area contributed by atoms with Crippen molar-refractivity contribution in [1.82, 2.24) is 10.2 Å². The first-order valence-corrected chi connectivity index (χ1v) is 8.73. The number of piperidine rings is 1. The smallest absolute Gasteiger partial charge is 0.0449 e. The van der Waals surface area contributed by atoms with Crippen LogP contribution in [0, 0.1) is 18.8 Å². The zero-order valence-electron chi connectivity index (χ0n) is 13.6. The van der Waals surface area contributed by atoms with Crippen LogP contribution in [0.2, 0.25) is 0 Å². The molecule has 0 radical (unpaired) electrons. The van der Waals surface area contributed by atoms with Crippen LogP contribution in [0.1, 0.15) is 49.3 Å². The molecular formula is C19H30N2. The summed E-state index contributed by atoms with van der Waals surface area (Å²) < 4.78 is 0. The van der Waals surface area contributed by atoms with Crippen LogP contribution in [0.5, 0.6) is 0 Å². The Kier molecular flexibility index (Phi) is 4.97. The number of nitrogens with one attached hydrogen (secondary N) is 1. The molecule has 0 spiro atoms. The van der Waals surface area contributed by atoms with E-state index in [2.05, 4.69) is 48.5 Å². The van der Waals surface area contributed by atoms with E-state index in [4.69, 9.17) is 0 Å². The number of likely N-dealkylation sites (N-methyl/N-ethyl adjacent to an activating group) is 1. The standard InChI is InChI=1S/C19H30N2/c1-15-7-3-6-10-18(15)19(20-2)14-21-12-11-16-8-4-5-9-17(16)13-21/h3,6-7,10,16-17,19-20H,4-5,8-9,11-14H2,1-2H3. The first kappa shape index (κ1) is 15.1. The number of nitrogens with zero attached hydrogens (tertiary/aromatic N) is 1. The Hall–Kier alpha value is -0.860. The van der Waals surface area contributed by atoms with Gasteiger partial charge in [-0.2, -0.15) is 0 Å². The van der Waals surface area contributed by atoms with E-state index < -0.39 is 0 Å². The molecule has 2 fully saturated rings. The zero-order chi connectivity index (χ0) is 14.7. The summed E-state index contributed by atoms with van der Waals surface area (Å²) in [6.45, 7) is 6.01. The Labute approximate surface area is 129 Å². The van der Waals surface area contributed by atoms with E-state index in [1.165, 1.54) is 56.3 Å². The number of likely N-dealkylation sites (tertiary alicyclic amines) is 1. The normalized spacial score (nSPS) is 28.1. The molecule has 1 aromatic rings. The number of hydrogen-bond donors (Lipinski definition) is 1. The first-order chi connectivity index (χ1) is 10.3. The fourth-order valence-electron chi connectivity index (χ4n) is 4.42. The highest BCUT2D eigenvalue weighted by atomic mass is 15.2. The summed E-state index contributed by atoms with van der Waals surface area (Å²) >= 11 is 0. The van der Waals surface area contributed by atoms with Crippen LogP contribution in [0.4, 0.5) is 0 Å². The van der Waals surface area contributed by atoms with Crippen LogP contribution in [0.15, 0.2) is 24.3 Å². The van der Waals surface area contributed by atoms with Crippen molar-refractivity contribution < 1.29 is 0 Å².